The van der Waals surface area contributed by atoms with Crippen LogP contribution in [-0.2, 0) is 10.0 Å². The van der Waals surface area contributed by atoms with Crippen LogP contribution in [0.2, 0.25) is 0 Å². The van der Waals surface area contributed by atoms with Crippen LogP contribution in [0.5, 0.6) is 5.75 Å². The van der Waals surface area contributed by atoms with Gasteiger partial charge < -0.3 is 10.5 Å². The molecule has 0 aliphatic carbocycles. The van der Waals surface area contributed by atoms with Gasteiger partial charge in [0.2, 0.25) is 0 Å². The van der Waals surface area contributed by atoms with Gasteiger partial charge in [-0.25, -0.2) is 8.42 Å². The number of nitrogens with one attached hydrogen (secondary N) is 2. The van der Waals surface area contributed by atoms with Crippen molar-refractivity contribution in [1.29, 1.82) is 0 Å². The molecule has 0 bridgehead atoms. The lowest BCUT2D eigenvalue weighted by atomic mass is 10.3. The van der Waals surface area contributed by atoms with Crippen molar-refractivity contribution in [1.82, 2.24) is 10.3 Å². The third-order valence-electron chi connectivity index (χ3n) is 1.75. The second kappa shape index (κ2) is 5.80. The van der Waals surface area contributed by atoms with E-state index in [1.807, 2.05) is 11.8 Å². The van der Waals surface area contributed by atoms with Gasteiger partial charge in [0.1, 0.15) is 5.75 Å². The number of thiocarbonyl (C=S) groups is 1. The summed E-state index contributed by atoms with van der Waals surface area (Å²) in [5.41, 5.74) is 7.28. The Morgan fingerprint density at radius 2 is 2.00 bits per heavy atom. The third-order valence-corrected chi connectivity index (χ3v) is 3.12. The standard InChI is InChI=1S/C9H13N3O3S2/c1-2-15-7-3-5-8(6-4-7)17(13,14)12-11-9(10)16/h3-6,12H,2H2,1H3,(H3,10,11,16). The number of hydrazine groups is 1. The number of hydrogen-bond donors (Lipinski definition) is 3. The van der Waals surface area contributed by atoms with Crippen LogP contribution in [0.25, 0.3) is 0 Å². The van der Waals surface area contributed by atoms with E-state index in [0.29, 0.717) is 12.4 Å². The van der Waals surface area contributed by atoms with Gasteiger partial charge in [0.25, 0.3) is 10.0 Å². The first-order valence-corrected chi connectivity index (χ1v) is 6.65. The highest BCUT2D eigenvalue weighted by Crippen LogP contribution is 2.15. The van der Waals surface area contributed by atoms with Crippen LogP contribution in [0.1, 0.15) is 6.92 Å². The molecule has 0 fully saturated rings. The summed E-state index contributed by atoms with van der Waals surface area (Å²) in [4.78, 5) is 2.13. The van der Waals surface area contributed by atoms with Crippen LogP contribution in [0, 0.1) is 0 Å². The summed E-state index contributed by atoms with van der Waals surface area (Å²) in [6.45, 7) is 2.37. The van der Waals surface area contributed by atoms with E-state index in [0.717, 1.165) is 0 Å². The molecule has 1 aromatic carbocycles. The van der Waals surface area contributed by atoms with Gasteiger partial charge in [-0.2, -0.15) is 0 Å². The quantitative estimate of drug-likeness (QED) is 0.522. The molecule has 6 nitrogen and oxygen atoms in total. The lowest BCUT2D eigenvalue weighted by Gasteiger charge is -2.08. The Hall–Kier alpha value is -1.38. The summed E-state index contributed by atoms with van der Waals surface area (Å²) in [6, 6.07) is 5.99. The average molecular weight is 275 g/mol. The highest BCUT2D eigenvalue weighted by molar-refractivity contribution is 7.89. The summed E-state index contributed by atoms with van der Waals surface area (Å²) in [5, 5.41) is -0.153. The third kappa shape index (κ3) is 4.17. The van der Waals surface area contributed by atoms with Crippen molar-refractivity contribution in [2.75, 3.05) is 6.61 Å². The number of hydrogen-bond acceptors (Lipinski definition) is 4. The Morgan fingerprint density at radius 3 is 2.47 bits per heavy atom. The van der Waals surface area contributed by atoms with Crippen LogP contribution in [0.3, 0.4) is 0 Å². The largest absolute Gasteiger partial charge is 0.494 e. The van der Waals surface area contributed by atoms with Gasteiger partial charge in [0.15, 0.2) is 5.11 Å². The molecule has 0 unspecified atom stereocenters. The molecule has 0 aliphatic rings. The zero-order valence-electron chi connectivity index (χ0n) is 9.14. The normalized spacial score (nSPS) is 10.9. The Morgan fingerprint density at radius 1 is 1.41 bits per heavy atom. The second-order valence-electron chi connectivity index (χ2n) is 3.00. The van der Waals surface area contributed by atoms with Crippen molar-refractivity contribution in [2.45, 2.75) is 11.8 Å². The molecule has 4 N–H and O–H groups in total. The summed E-state index contributed by atoms with van der Waals surface area (Å²) in [5.74, 6) is 0.605. The molecule has 1 rings (SSSR count). The Bertz CT molecular complexity index is 485. The summed E-state index contributed by atoms with van der Waals surface area (Å²) in [7, 11) is -3.67. The molecule has 0 aromatic heterocycles. The van der Waals surface area contributed by atoms with E-state index in [1.165, 1.54) is 12.1 Å². The fraction of sp³-hybridized carbons (Fsp3) is 0.222. The minimum atomic E-state index is -3.67. The van der Waals surface area contributed by atoms with Crippen molar-refractivity contribution in [3.63, 3.8) is 0 Å². The molecule has 1 aromatic rings. The summed E-state index contributed by atoms with van der Waals surface area (Å²) >= 11 is 4.49. The topological polar surface area (TPSA) is 93.5 Å². The highest BCUT2D eigenvalue weighted by Gasteiger charge is 2.13. The average Bonchev–Trinajstić information content (AvgIpc) is 2.28. The maximum Gasteiger partial charge on any atom is 0.257 e. The van der Waals surface area contributed by atoms with Crippen LogP contribution in [-0.4, -0.2) is 20.1 Å². The Balaban J connectivity index is 2.81. The van der Waals surface area contributed by atoms with Crippen molar-refractivity contribution in [3.05, 3.63) is 24.3 Å². The molecule has 0 aliphatic heterocycles. The van der Waals surface area contributed by atoms with E-state index < -0.39 is 10.0 Å². The first kappa shape index (κ1) is 13.7. The molecule has 94 valence electrons. The Labute approximate surface area is 105 Å². The molecule has 0 spiro atoms. The SMILES string of the molecule is CCOc1ccc(S(=O)(=O)NNC(N)=S)cc1. The fourth-order valence-corrected chi connectivity index (χ4v) is 2.03. The zero-order chi connectivity index (χ0) is 12.9. The van der Waals surface area contributed by atoms with Crippen LogP contribution in [0.4, 0.5) is 0 Å². The molecule has 0 atom stereocenters. The number of ether oxygens (including phenoxy) is 1. The molecule has 17 heavy (non-hydrogen) atoms. The fourth-order valence-electron chi connectivity index (χ4n) is 1.06. The second-order valence-corrected chi connectivity index (χ2v) is 5.12. The molecule has 0 radical (unpaired) electrons. The van der Waals surface area contributed by atoms with Gasteiger partial charge in [-0.3, -0.25) is 5.43 Å². The minimum Gasteiger partial charge on any atom is -0.494 e. The molecule has 0 heterocycles. The number of benzene rings is 1. The number of rotatable bonds is 5. The minimum absolute atomic E-state index is 0.0877. The van der Waals surface area contributed by atoms with E-state index >= 15 is 0 Å². The maximum absolute atomic E-state index is 11.7. The molecular weight excluding hydrogens is 262 g/mol. The van der Waals surface area contributed by atoms with Gasteiger partial charge in [-0.1, -0.05) is 0 Å². The summed E-state index contributed by atoms with van der Waals surface area (Å²) < 4.78 is 28.6. The first-order chi connectivity index (χ1) is 7.95. The molecule has 0 amide bonds. The van der Waals surface area contributed by atoms with E-state index in [2.05, 4.69) is 17.6 Å². The first-order valence-electron chi connectivity index (χ1n) is 4.76. The molecule has 0 saturated carbocycles. The number of sulfonamides is 1. The van der Waals surface area contributed by atoms with Crippen molar-refractivity contribution >= 4 is 27.4 Å². The molecular formula is C9H13N3O3S2. The van der Waals surface area contributed by atoms with Gasteiger partial charge in [0, 0.05) is 0 Å². The predicted octanol–water partition coefficient (Wildman–Crippen LogP) is 0.112. The summed E-state index contributed by atoms with van der Waals surface area (Å²) in [6.07, 6.45) is 0. The highest BCUT2D eigenvalue weighted by atomic mass is 32.2. The van der Waals surface area contributed by atoms with Crippen molar-refractivity contribution in [3.8, 4) is 5.75 Å². The van der Waals surface area contributed by atoms with E-state index in [-0.39, 0.29) is 10.0 Å². The zero-order valence-corrected chi connectivity index (χ0v) is 10.8. The van der Waals surface area contributed by atoms with Gasteiger partial charge in [-0.05, 0) is 43.4 Å². The van der Waals surface area contributed by atoms with Crippen LogP contribution < -0.4 is 20.7 Å². The van der Waals surface area contributed by atoms with E-state index in [9.17, 15) is 8.42 Å². The van der Waals surface area contributed by atoms with Gasteiger partial charge >= 0.3 is 0 Å². The molecule has 8 heteroatoms. The molecule has 0 saturated heterocycles. The van der Waals surface area contributed by atoms with Gasteiger partial charge in [0.05, 0.1) is 11.5 Å². The van der Waals surface area contributed by atoms with E-state index in [1.54, 1.807) is 12.1 Å². The monoisotopic (exact) mass is 275 g/mol. The van der Waals surface area contributed by atoms with E-state index in [4.69, 9.17) is 10.5 Å². The Kier molecular flexibility index (Phi) is 4.67. The lowest BCUT2D eigenvalue weighted by Crippen LogP contribution is -2.44. The number of nitrogens with two attached hydrogens (primary N) is 1. The predicted molar refractivity (Wildman–Crippen MR) is 67.9 cm³/mol. The maximum atomic E-state index is 11.7. The lowest BCUT2D eigenvalue weighted by molar-refractivity contribution is 0.340. The van der Waals surface area contributed by atoms with Crippen LogP contribution >= 0.6 is 12.2 Å². The van der Waals surface area contributed by atoms with Gasteiger partial charge in [-0.15, -0.1) is 4.83 Å². The smallest absolute Gasteiger partial charge is 0.257 e. The van der Waals surface area contributed by atoms with Crippen molar-refractivity contribution in [2.24, 2.45) is 5.73 Å². The van der Waals surface area contributed by atoms with Crippen molar-refractivity contribution < 1.29 is 13.2 Å². The van der Waals surface area contributed by atoms with Crippen LogP contribution in [0.15, 0.2) is 29.2 Å².